The van der Waals surface area contributed by atoms with Gasteiger partial charge in [0.05, 0.1) is 23.8 Å². The lowest BCUT2D eigenvalue weighted by Gasteiger charge is -2.32. The van der Waals surface area contributed by atoms with Gasteiger partial charge in [-0.3, -0.25) is 9.59 Å². The molecule has 1 N–H and O–H groups in total. The summed E-state index contributed by atoms with van der Waals surface area (Å²) in [5.74, 6) is 1.12. The van der Waals surface area contributed by atoms with Gasteiger partial charge in [-0.15, -0.1) is 0 Å². The molecular formula is C31H36Cl2N2O4. The fraction of sp³-hybridized carbons (Fsp3) is 0.355. The highest BCUT2D eigenvalue weighted by Crippen LogP contribution is 2.25. The first-order valence-electron chi connectivity index (χ1n) is 13.1. The molecule has 0 unspecified atom stereocenters. The van der Waals surface area contributed by atoms with Crippen LogP contribution >= 0.6 is 23.2 Å². The summed E-state index contributed by atoms with van der Waals surface area (Å²) in [5.41, 5.74) is 1.76. The zero-order valence-corrected chi connectivity index (χ0v) is 24.2. The minimum atomic E-state index is -0.703. The monoisotopic (exact) mass is 570 g/mol. The molecular weight excluding hydrogens is 535 g/mol. The average molecular weight is 572 g/mol. The second-order valence-corrected chi connectivity index (χ2v) is 10.2. The molecule has 0 aromatic heterocycles. The van der Waals surface area contributed by atoms with Crippen molar-refractivity contribution in [3.05, 3.63) is 94.0 Å². The summed E-state index contributed by atoms with van der Waals surface area (Å²) in [6.45, 7) is 4.55. The standard InChI is InChI=1S/C31H36Cl2N2O4/c1-4-22(2)34-31(37)29(20-23-9-6-5-7-10-23)35(21-24-12-17-27(32)28(33)19-24)30(36)11-8-18-39-26-15-13-25(38-3)14-16-26/h5-7,9-10,12-17,19,22,29H,4,8,11,18,20-21H2,1-3H3,(H,34,37)/t22-,29-/m1/s1. The minimum Gasteiger partial charge on any atom is -0.497 e. The van der Waals surface area contributed by atoms with Crippen molar-refractivity contribution >= 4 is 35.0 Å². The Hall–Kier alpha value is -3.22. The molecule has 0 aliphatic rings. The SMILES string of the molecule is CC[C@@H](C)NC(=O)[C@@H](Cc1ccccc1)N(Cc1ccc(Cl)c(Cl)c1)C(=O)CCCOc1ccc(OC)cc1. The molecule has 208 valence electrons. The van der Waals surface area contributed by atoms with Crippen LogP contribution in [0.5, 0.6) is 11.5 Å². The van der Waals surface area contributed by atoms with Crippen molar-refractivity contribution in [2.45, 2.75) is 58.2 Å². The summed E-state index contributed by atoms with van der Waals surface area (Å²) in [4.78, 5) is 28.9. The third kappa shape index (κ3) is 9.48. The topological polar surface area (TPSA) is 67.9 Å². The first kappa shape index (κ1) is 30.3. The van der Waals surface area contributed by atoms with Gasteiger partial charge in [0.15, 0.2) is 0 Å². The maximum Gasteiger partial charge on any atom is 0.243 e. The molecule has 0 fully saturated rings. The van der Waals surface area contributed by atoms with E-state index in [4.69, 9.17) is 32.7 Å². The molecule has 0 bridgehead atoms. The second-order valence-electron chi connectivity index (χ2n) is 9.42. The molecule has 2 amide bonds. The van der Waals surface area contributed by atoms with E-state index in [1.165, 1.54) is 0 Å². The van der Waals surface area contributed by atoms with Crippen LogP contribution in [0.15, 0.2) is 72.8 Å². The molecule has 8 heteroatoms. The fourth-order valence-electron chi connectivity index (χ4n) is 4.06. The van der Waals surface area contributed by atoms with Crippen molar-refractivity contribution in [2.24, 2.45) is 0 Å². The Labute approximate surface area is 241 Å². The lowest BCUT2D eigenvalue weighted by molar-refractivity contribution is -0.141. The van der Waals surface area contributed by atoms with Crippen LogP contribution in [0.4, 0.5) is 0 Å². The molecule has 0 aliphatic carbocycles. The molecule has 0 heterocycles. The van der Waals surface area contributed by atoms with E-state index < -0.39 is 6.04 Å². The number of halogens is 2. The van der Waals surface area contributed by atoms with Gasteiger partial charge in [-0.05, 0) is 67.3 Å². The summed E-state index contributed by atoms with van der Waals surface area (Å²) in [6.07, 6.45) is 1.89. The Morgan fingerprint density at radius 3 is 2.26 bits per heavy atom. The molecule has 2 atom stereocenters. The Morgan fingerprint density at radius 2 is 1.62 bits per heavy atom. The summed E-state index contributed by atoms with van der Waals surface area (Å²) < 4.78 is 11.0. The molecule has 0 radical (unpaired) electrons. The van der Waals surface area contributed by atoms with E-state index in [1.807, 2.05) is 74.5 Å². The van der Waals surface area contributed by atoms with Crippen molar-refractivity contribution in [1.82, 2.24) is 10.2 Å². The van der Waals surface area contributed by atoms with Crippen molar-refractivity contribution < 1.29 is 19.1 Å². The van der Waals surface area contributed by atoms with Gasteiger partial charge in [-0.25, -0.2) is 0 Å². The first-order valence-corrected chi connectivity index (χ1v) is 13.9. The van der Waals surface area contributed by atoms with E-state index in [9.17, 15) is 9.59 Å². The zero-order chi connectivity index (χ0) is 28.2. The highest BCUT2D eigenvalue weighted by atomic mass is 35.5. The number of amides is 2. The molecule has 6 nitrogen and oxygen atoms in total. The number of rotatable bonds is 14. The maximum absolute atomic E-state index is 13.7. The van der Waals surface area contributed by atoms with Crippen LogP contribution < -0.4 is 14.8 Å². The largest absolute Gasteiger partial charge is 0.497 e. The summed E-state index contributed by atoms with van der Waals surface area (Å²) >= 11 is 12.4. The Bertz CT molecular complexity index is 1200. The van der Waals surface area contributed by atoms with Crippen LogP contribution in [0, 0.1) is 0 Å². The molecule has 3 aromatic carbocycles. The predicted molar refractivity (Wildman–Crippen MR) is 157 cm³/mol. The van der Waals surface area contributed by atoms with Crippen LogP contribution in [-0.2, 0) is 22.6 Å². The molecule has 3 aromatic rings. The highest BCUT2D eigenvalue weighted by molar-refractivity contribution is 6.42. The second kappa shape index (κ2) is 15.4. The van der Waals surface area contributed by atoms with Gasteiger partial charge in [-0.1, -0.05) is 66.5 Å². The smallest absolute Gasteiger partial charge is 0.243 e. The van der Waals surface area contributed by atoms with Gasteiger partial charge in [0, 0.05) is 25.4 Å². The van der Waals surface area contributed by atoms with Crippen LogP contribution in [0.2, 0.25) is 10.0 Å². The summed E-state index contributed by atoms with van der Waals surface area (Å²) in [7, 11) is 1.61. The summed E-state index contributed by atoms with van der Waals surface area (Å²) in [6, 6.07) is 21.6. The Morgan fingerprint density at radius 1 is 0.923 bits per heavy atom. The van der Waals surface area contributed by atoms with E-state index in [0.717, 1.165) is 23.3 Å². The van der Waals surface area contributed by atoms with Gasteiger partial charge < -0.3 is 19.7 Å². The molecule has 0 spiro atoms. The number of nitrogens with one attached hydrogen (secondary N) is 1. The maximum atomic E-state index is 13.7. The Balaban J connectivity index is 1.80. The van der Waals surface area contributed by atoms with E-state index in [0.29, 0.717) is 35.2 Å². The molecule has 0 saturated carbocycles. The number of hydrogen-bond donors (Lipinski definition) is 1. The minimum absolute atomic E-state index is 0.0180. The van der Waals surface area contributed by atoms with Crippen molar-refractivity contribution in [2.75, 3.05) is 13.7 Å². The zero-order valence-electron chi connectivity index (χ0n) is 22.7. The number of hydrogen-bond acceptors (Lipinski definition) is 4. The Kier molecular flexibility index (Phi) is 12.0. The number of carbonyl (C=O) groups excluding carboxylic acids is 2. The van der Waals surface area contributed by atoms with Gasteiger partial charge in [0.25, 0.3) is 0 Å². The predicted octanol–water partition coefficient (Wildman–Crippen LogP) is 6.72. The van der Waals surface area contributed by atoms with Gasteiger partial charge in [0.1, 0.15) is 17.5 Å². The van der Waals surface area contributed by atoms with Crippen LogP contribution in [0.25, 0.3) is 0 Å². The van der Waals surface area contributed by atoms with Crippen molar-refractivity contribution in [1.29, 1.82) is 0 Å². The van der Waals surface area contributed by atoms with Gasteiger partial charge in [-0.2, -0.15) is 0 Å². The fourth-order valence-corrected chi connectivity index (χ4v) is 4.38. The number of ether oxygens (including phenoxy) is 2. The lowest BCUT2D eigenvalue weighted by atomic mass is 10.0. The van der Waals surface area contributed by atoms with Crippen molar-refractivity contribution in [3.63, 3.8) is 0 Å². The molecule has 3 rings (SSSR count). The van der Waals surface area contributed by atoms with Crippen LogP contribution in [0.1, 0.15) is 44.2 Å². The number of nitrogens with zero attached hydrogens (tertiary/aromatic N) is 1. The van der Waals surface area contributed by atoms with Crippen LogP contribution in [-0.4, -0.2) is 42.5 Å². The lowest BCUT2D eigenvalue weighted by Crippen LogP contribution is -2.52. The van der Waals surface area contributed by atoms with E-state index in [-0.39, 0.29) is 30.8 Å². The molecule has 0 saturated heterocycles. The van der Waals surface area contributed by atoms with E-state index in [1.54, 1.807) is 24.1 Å². The van der Waals surface area contributed by atoms with Crippen molar-refractivity contribution in [3.8, 4) is 11.5 Å². The van der Waals surface area contributed by atoms with E-state index >= 15 is 0 Å². The normalized spacial score (nSPS) is 12.3. The number of methoxy groups -OCH3 is 1. The highest BCUT2D eigenvalue weighted by Gasteiger charge is 2.30. The van der Waals surface area contributed by atoms with Crippen LogP contribution in [0.3, 0.4) is 0 Å². The number of carbonyl (C=O) groups is 2. The average Bonchev–Trinajstić information content (AvgIpc) is 2.95. The first-order chi connectivity index (χ1) is 18.8. The number of benzene rings is 3. The van der Waals surface area contributed by atoms with Gasteiger partial charge >= 0.3 is 0 Å². The third-order valence-corrected chi connectivity index (χ3v) is 7.21. The summed E-state index contributed by atoms with van der Waals surface area (Å²) in [5, 5.41) is 3.91. The quantitative estimate of drug-likeness (QED) is 0.218. The van der Waals surface area contributed by atoms with E-state index in [2.05, 4.69) is 5.32 Å². The van der Waals surface area contributed by atoms with Gasteiger partial charge in [0.2, 0.25) is 11.8 Å². The molecule has 39 heavy (non-hydrogen) atoms. The molecule has 0 aliphatic heterocycles. The third-order valence-electron chi connectivity index (χ3n) is 6.47.